The lowest BCUT2D eigenvalue weighted by atomic mass is 9.97. The molecule has 4 rings (SSSR count). The van der Waals surface area contributed by atoms with Crippen LogP contribution in [0.3, 0.4) is 0 Å². The fourth-order valence-corrected chi connectivity index (χ4v) is 5.37. The quantitative estimate of drug-likeness (QED) is 0.477. The van der Waals surface area contributed by atoms with Crippen LogP contribution >= 0.6 is 11.3 Å². The number of thiophene rings is 1. The first-order valence-corrected chi connectivity index (χ1v) is 12.8. The molecular formula is C28H33N3O3S. The van der Waals surface area contributed by atoms with Gasteiger partial charge in [-0.15, -0.1) is 11.3 Å². The van der Waals surface area contributed by atoms with Crippen LogP contribution in [-0.4, -0.2) is 61.5 Å². The smallest absolute Gasteiger partial charge is 0.341 e. The normalized spacial score (nSPS) is 14.6. The van der Waals surface area contributed by atoms with Crippen LogP contribution in [0.2, 0.25) is 0 Å². The van der Waals surface area contributed by atoms with Crippen LogP contribution in [0, 0.1) is 20.8 Å². The third-order valence-electron chi connectivity index (χ3n) is 6.48. The number of carbonyl (C=O) groups excluding carboxylic acids is 2. The fraction of sp³-hybridized carbons (Fsp3) is 0.357. The highest BCUT2D eigenvalue weighted by molar-refractivity contribution is 7.15. The van der Waals surface area contributed by atoms with Gasteiger partial charge in [-0.2, -0.15) is 0 Å². The summed E-state index contributed by atoms with van der Waals surface area (Å²) in [5.74, 6) is -0.557. The molecule has 0 spiro atoms. The first-order chi connectivity index (χ1) is 16.8. The Bertz CT molecular complexity index is 1190. The highest BCUT2D eigenvalue weighted by atomic mass is 32.1. The Morgan fingerprint density at radius 2 is 1.57 bits per heavy atom. The largest absolute Gasteiger partial charge is 0.465 e. The van der Waals surface area contributed by atoms with Crippen LogP contribution in [0.1, 0.15) is 32.6 Å². The number of methoxy groups -OCH3 is 1. The Morgan fingerprint density at radius 3 is 2.26 bits per heavy atom. The van der Waals surface area contributed by atoms with Crippen LogP contribution < -0.4 is 5.32 Å². The maximum absolute atomic E-state index is 12.9. The van der Waals surface area contributed by atoms with Gasteiger partial charge in [-0.25, -0.2) is 4.79 Å². The average molecular weight is 492 g/mol. The van der Waals surface area contributed by atoms with Gasteiger partial charge in [-0.3, -0.25) is 14.6 Å². The summed E-state index contributed by atoms with van der Waals surface area (Å²) in [5, 5.41) is 5.44. The molecule has 1 saturated heterocycles. The SMILES string of the molecule is COC(=O)c1c(-c2cc(C)ccc2C)csc1NC(=O)CN1CCN(Cc2ccc(C)cc2)CC1. The molecule has 0 atom stereocenters. The summed E-state index contributed by atoms with van der Waals surface area (Å²) in [6, 6.07) is 14.8. The molecule has 2 aromatic carbocycles. The van der Waals surface area contributed by atoms with Crippen molar-refractivity contribution in [3.05, 3.63) is 75.7 Å². The van der Waals surface area contributed by atoms with Gasteiger partial charge in [0.2, 0.25) is 5.91 Å². The zero-order chi connectivity index (χ0) is 24.9. The van der Waals surface area contributed by atoms with Gasteiger partial charge in [0, 0.05) is 43.7 Å². The Balaban J connectivity index is 1.38. The third-order valence-corrected chi connectivity index (χ3v) is 7.37. The number of esters is 1. The number of benzene rings is 2. The van der Waals surface area contributed by atoms with Crippen molar-refractivity contribution in [2.75, 3.05) is 45.2 Å². The Morgan fingerprint density at radius 1 is 0.914 bits per heavy atom. The minimum absolute atomic E-state index is 0.114. The van der Waals surface area contributed by atoms with E-state index in [1.165, 1.54) is 29.6 Å². The molecule has 1 aliphatic rings. The summed E-state index contributed by atoms with van der Waals surface area (Å²) < 4.78 is 5.07. The molecule has 1 aliphatic heterocycles. The van der Waals surface area contributed by atoms with Crippen LogP contribution in [-0.2, 0) is 16.1 Å². The van der Waals surface area contributed by atoms with Crippen molar-refractivity contribution in [1.82, 2.24) is 9.80 Å². The van der Waals surface area contributed by atoms with Gasteiger partial charge in [0.25, 0.3) is 0 Å². The number of aryl methyl sites for hydroxylation is 3. The standard InChI is InChI=1S/C28H33N3O3S/c1-19-6-9-22(10-7-19)16-30-11-13-31(14-12-30)17-25(32)29-27-26(28(33)34-4)24(18-35-27)23-15-20(2)5-8-21(23)3/h5-10,15,18H,11-14,16-17H2,1-4H3,(H,29,32). The number of nitrogens with zero attached hydrogens (tertiary/aromatic N) is 2. The van der Waals surface area contributed by atoms with Gasteiger partial charge < -0.3 is 10.1 Å². The molecule has 0 aliphatic carbocycles. The monoisotopic (exact) mass is 491 g/mol. The van der Waals surface area contributed by atoms with E-state index >= 15 is 0 Å². The zero-order valence-electron chi connectivity index (χ0n) is 20.9. The first-order valence-electron chi connectivity index (χ1n) is 11.9. The Labute approximate surface area is 211 Å². The lowest BCUT2D eigenvalue weighted by Gasteiger charge is -2.34. The summed E-state index contributed by atoms with van der Waals surface area (Å²) in [4.78, 5) is 30.2. The fourth-order valence-electron chi connectivity index (χ4n) is 4.41. The number of ether oxygens (including phenoxy) is 1. The van der Waals surface area contributed by atoms with E-state index in [9.17, 15) is 9.59 Å². The number of hydrogen-bond donors (Lipinski definition) is 1. The predicted molar refractivity (Wildman–Crippen MR) is 142 cm³/mol. The molecule has 3 aromatic rings. The van der Waals surface area contributed by atoms with Crippen molar-refractivity contribution in [2.45, 2.75) is 27.3 Å². The topological polar surface area (TPSA) is 61.9 Å². The Kier molecular flexibility index (Phi) is 8.00. The number of amides is 1. The second-order valence-electron chi connectivity index (χ2n) is 9.25. The minimum atomic E-state index is -0.442. The predicted octanol–water partition coefficient (Wildman–Crippen LogP) is 4.88. The summed E-state index contributed by atoms with van der Waals surface area (Å²) in [6.07, 6.45) is 0. The van der Waals surface area contributed by atoms with Crippen molar-refractivity contribution in [1.29, 1.82) is 0 Å². The van der Waals surface area contributed by atoms with Gasteiger partial charge in [-0.05, 0) is 37.5 Å². The van der Waals surface area contributed by atoms with Crippen LogP contribution in [0.25, 0.3) is 11.1 Å². The summed E-state index contributed by atoms with van der Waals surface area (Å²) >= 11 is 1.36. The van der Waals surface area contributed by atoms with Crippen LogP contribution in [0.4, 0.5) is 5.00 Å². The second kappa shape index (κ2) is 11.2. The van der Waals surface area contributed by atoms with Gasteiger partial charge >= 0.3 is 5.97 Å². The molecule has 1 N–H and O–H groups in total. The summed E-state index contributed by atoms with van der Waals surface area (Å²) in [5.41, 5.74) is 6.96. The lowest BCUT2D eigenvalue weighted by molar-refractivity contribution is -0.117. The van der Waals surface area contributed by atoms with Gasteiger partial charge in [0.15, 0.2) is 0 Å². The lowest BCUT2D eigenvalue weighted by Crippen LogP contribution is -2.48. The molecule has 0 radical (unpaired) electrons. The number of anilines is 1. The molecule has 7 heteroatoms. The highest BCUT2D eigenvalue weighted by Gasteiger charge is 2.25. The van der Waals surface area contributed by atoms with Crippen LogP contribution in [0.15, 0.2) is 47.8 Å². The van der Waals surface area contributed by atoms with E-state index in [1.807, 2.05) is 31.4 Å². The molecule has 6 nitrogen and oxygen atoms in total. The van der Waals surface area contributed by atoms with E-state index in [0.717, 1.165) is 55.0 Å². The van der Waals surface area contributed by atoms with E-state index in [-0.39, 0.29) is 5.91 Å². The van der Waals surface area contributed by atoms with E-state index in [1.54, 1.807) is 0 Å². The molecule has 184 valence electrons. The number of nitrogens with one attached hydrogen (secondary N) is 1. The number of rotatable bonds is 7. The molecule has 0 bridgehead atoms. The summed E-state index contributed by atoms with van der Waals surface area (Å²) in [6.45, 7) is 10.9. The average Bonchev–Trinajstić information content (AvgIpc) is 3.25. The van der Waals surface area contributed by atoms with Crippen molar-refractivity contribution < 1.29 is 14.3 Å². The van der Waals surface area contributed by atoms with Crippen molar-refractivity contribution in [3.8, 4) is 11.1 Å². The first kappa shape index (κ1) is 25.1. The van der Waals surface area contributed by atoms with E-state index in [0.29, 0.717) is 17.1 Å². The van der Waals surface area contributed by atoms with E-state index in [2.05, 4.69) is 52.4 Å². The molecule has 0 saturated carbocycles. The number of piperazine rings is 1. The van der Waals surface area contributed by atoms with Gasteiger partial charge in [-0.1, -0.05) is 53.6 Å². The maximum atomic E-state index is 12.9. The molecule has 2 heterocycles. The molecular weight excluding hydrogens is 458 g/mol. The van der Waals surface area contributed by atoms with Crippen LogP contribution in [0.5, 0.6) is 0 Å². The molecule has 1 aromatic heterocycles. The summed E-state index contributed by atoms with van der Waals surface area (Å²) in [7, 11) is 1.37. The van der Waals surface area contributed by atoms with E-state index < -0.39 is 5.97 Å². The highest BCUT2D eigenvalue weighted by Crippen LogP contribution is 2.38. The Hall–Kier alpha value is -3.00. The van der Waals surface area contributed by atoms with E-state index in [4.69, 9.17) is 4.74 Å². The van der Waals surface area contributed by atoms with Crippen molar-refractivity contribution in [2.24, 2.45) is 0 Å². The van der Waals surface area contributed by atoms with Gasteiger partial charge in [0.1, 0.15) is 10.6 Å². The van der Waals surface area contributed by atoms with Crippen molar-refractivity contribution in [3.63, 3.8) is 0 Å². The minimum Gasteiger partial charge on any atom is -0.465 e. The molecule has 1 fully saturated rings. The number of carbonyl (C=O) groups is 2. The maximum Gasteiger partial charge on any atom is 0.341 e. The molecule has 1 amide bonds. The molecule has 35 heavy (non-hydrogen) atoms. The number of hydrogen-bond acceptors (Lipinski definition) is 6. The third kappa shape index (κ3) is 6.17. The van der Waals surface area contributed by atoms with Crippen molar-refractivity contribution >= 4 is 28.2 Å². The zero-order valence-corrected chi connectivity index (χ0v) is 21.7. The van der Waals surface area contributed by atoms with Gasteiger partial charge in [0.05, 0.1) is 13.7 Å². The molecule has 0 unspecified atom stereocenters. The second-order valence-corrected chi connectivity index (χ2v) is 10.1.